The van der Waals surface area contributed by atoms with Crippen LogP contribution in [0.3, 0.4) is 0 Å². The number of nitrogens with zero attached hydrogens (tertiary/aromatic N) is 2. The second-order valence-electron chi connectivity index (χ2n) is 4.26. The number of hydrogen-bond donors (Lipinski definition) is 0. The summed E-state index contributed by atoms with van der Waals surface area (Å²) in [7, 11) is 0. The van der Waals surface area contributed by atoms with Gasteiger partial charge in [-0.25, -0.2) is 9.97 Å². The minimum absolute atomic E-state index is 0.705. The molecule has 3 nitrogen and oxygen atoms in total. The van der Waals surface area contributed by atoms with E-state index in [1.54, 1.807) is 6.20 Å². The lowest BCUT2D eigenvalue weighted by atomic mass is 10.2. The second kappa shape index (κ2) is 4.86. The summed E-state index contributed by atoms with van der Waals surface area (Å²) in [5.41, 5.74) is 1.90. The van der Waals surface area contributed by atoms with Crippen molar-refractivity contribution in [1.82, 2.24) is 9.97 Å². The van der Waals surface area contributed by atoms with E-state index in [0.717, 1.165) is 28.0 Å². The Morgan fingerprint density at radius 2 is 2.00 bits per heavy atom. The predicted molar refractivity (Wildman–Crippen MR) is 75.8 cm³/mol. The Bertz CT molecular complexity index is 743. The van der Waals surface area contributed by atoms with Crippen LogP contribution in [0.15, 0.2) is 48.9 Å². The highest BCUT2D eigenvalue weighted by atomic mass is 35.5. The van der Waals surface area contributed by atoms with E-state index < -0.39 is 0 Å². The Morgan fingerprint density at radius 3 is 2.84 bits per heavy atom. The highest BCUT2D eigenvalue weighted by molar-refractivity contribution is 6.30. The molecule has 0 radical (unpaired) electrons. The predicted octanol–water partition coefficient (Wildman–Crippen LogP) is 4.38. The monoisotopic (exact) mass is 270 g/mol. The number of ether oxygens (including phenoxy) is 1. The van der Waals surface area contributed by atoms with Crippen LogP contribution in [-0.4, -0.2) is 9.97 Å². The van der Waals surface area contributed by atoms with Crippen LogP contribution in [0, 0.1) is 6.92 Å². The van der Waals surface area contributed by atoms with Gasteiger partial charge in [0.1, 0.15) is 17.8 Å². The summed E-state index contributed by atoms with van der Waals surface area (Å²) in [6.07, 6.45) is 3.30. The standard InChI is InChI=1S/C15H11ClN2O/c1-10-6-12(16)2-5-15(10)19-13-3-4-14-11(7-13)8-17-9-18-14/h2-9H,1H3. The van der Waals surface area contributed by atoms with E-state index in [4.69, 9.17) is 16.3 Å². The summed E-state index contributed by atoms with van der Waals surface area (Å²) in [6.45, 7) is 1.96. The van der Waals surface area contributed by atoms with Crippen LogP contribution in [0.4, 0.5) is 0 Å². The van der Waals surface area contributed by atoms with E-state index in [-0.39, 0.29) is 0 Å². The van der Waals surface area contributed by atoms with Crippen molar-refractivity contribution in [3.8, 4) is 11.5 Å². The van der Waals surface area contributed by atoms with Gasteiger partial charge in [-0.2, -0.15) is 0 Å². The lowest BCUT2D eigenvalue weighted by Gasteiger charge is -2.09. The molecule has 0 aliphatic rings. The SMILES string of the molecule is Cc1cc(Cl)ccc1Oc1ccc2ncncc2c1. The van der Waals surface area contributed by atoms with Gasteiger partial charge in [0.25, 0.3) is 0 Å². The maximum atomic E-state index is 5.93. The van der Waals surface area contributed by atoms with E-state index in [9.17, 15) is 0 Å². The van der Waals surface area contributed by atoms with Gasteiger partial charge >= 0.3 is 0 Å². The highest BCUT2D eigenvalue weighted by Gasteiger charge is 2.03. The molecule has 94 valence electrons. The van der Waals surface area contributed by atoms with E-state index in [1.807, 2.05) is 43.3 Å². The average molecular weight is 271 g/mol. The molecule has 0 saturated carbocycles. The van der Waals surface area contributed by atoms with Crippen molar-refractivity contribution in [3.63, 3.8) is 0 Å². The smallest absolute Gasteiger partial charge is 0.130 e. The molecule has 0 aliphatic heterocycles. The number of fused-ring (bicyclic) bond motifs is 1. The number of benzene rings is 2. The zero-order valence-electron chi connectivity index (χ0n) is 10.3. The Kier molecular flexibility index (Phi) is 3.05. The van der Waals surface area contributed by atoms with E-state index in [0.29, 0.717) is 5.02 Å². The normalized spacial score (nSPS) is 10.6. The first kappa shape index (κ1) is 11.9. The molecular formula is C15H11ClN2O. The summed E-state index contributed by atoms with van der Waals surface area (Å²) in [5, 5.41) is 1.66. The third kappa shape index (κ3) is 2.51. The lowest BCUT2D eigenvalue weighted by Crippen LogP contribution is -1.88. The van der Waals surface area contributed by atoms with Gasteiger partial charge in [-0.15, -0.1) is 0 Å². The second-order valence-corrected chi connectivity index (χ2v) is 4.69. The fourth-order valence-electron chi connectivity index (χ4n) is 1.88. The van der Waals surface area contributed by atoms with Crippen molar-refractivity contribution < 1.29 is 4.74 Å². The maximum absolute atomic E-state index is 5.93. The van der Waals surface area contributed by atoms with Crippen molar-refractivity contribution in [1.29, 1.82) is 0 Å². The first-order chi connectivity index (χ1) is 9.22. The highest BCUT2D eigenvalue weighted by Crippen LogP contribution is 2.28. The molecule has 19 heavy (non-hydrogen) atoms. The Hall–Kier alpha value is -2.13. The minimum atomic E-state index is 0.705. The molecule has 0 aliphatic carbocycles. The quantitative estimate of drug-likeness (QED) is 0.693. The van der Waals surface area contributed by atoms with Gasteiger partial charge in [0.2, 0.25) is 0 Å². The Morgan fingerprint density at radius 1 is 1.11 bits per heavy atom. The number of aromatic nitrogens is 2. The average Bonchev–Trinajstić information content (AvgIpc) is 2.42. The fraction of sp³-hybridized carbons (Fsp3) is 0.0667. The van der Waals surface area contributed by atoms with Crippen molar-refractivity contribution in [2.75, 3.05) is 0 Å². The third-order valence-corrected chi connectivity index (χ3v) is 3.08. The van der Waals surface area contributed by atoms with E-state index in [2.05, 4.69) is 9.97 Å². The molecule has 0 spiro atoms. The van der Waals surface area contributed by atoms with E-state index in [1.165, 1.54) is 6.33 Å². The molecular weight excluding hydrogens is 260 g/mol. The minimum Gasteiger partial charge on any atom is -0.457 e. The zero-order chi connectivity index (χ0) is 13.2. The first-order valence-corrected chi connectivity index (χ1v) is 6.24. The third-order valence-electron chi connectivity index (χ3n) is 2.84. The molecule has 0 fully saturated rings. The van der Waals surface area contributed by atoms with Crippen LogP contribution in [0.1, 0.15) is 5.56 Å². The summed E-state index contributed by atoms with van der Waals surface area (Å²) in [6, 6.07) is 11.3. The molecule has 0 saturated heterocycles. The van der Waals surface area contributed by atoms with Gasteiger partial charge in [-0.3, -0.25) is 0 Å². The van der Waals surface area contributed by atoms with Crippen molar-refractivity contribution in [3.05, 3.63) is 59.5 Å². The first-order valence-electron chi connectivity index (χ1n) is 5.86. The van der Waals surface area contributed by atoms with Gasteiger partial charge in [0.15, 0.2) is 0 Å². The van der Waals surface area contributed by atoms with Crippen LogP contribution in [0.25, 0.3) is 10.9 Å². The van der Waals surface area contributed by atoms with Crippen molar-refractivity contribution in [2.24, 2.45) is 0 Å². The summed E-state index contributed by atoms with van der Waals surface area (Å²) < 4.78 is 5.86. The molecule has 3 rings (SSSR count). The molecule has 2 aromatic carbocycles. The van der Waals surface area contributed by atoms with Crippen molar-refractivity contribution >= 4 is 22.5 Å². The van der Waals surface area contributed by atoms with Crippen LogP contribution in [0.2, 0.25) is 5.02 Å². The fourth-order valence-corrected chi connectivity index (χ4v) is 2.11. The topological polar surface area (TPSA) is 35.0 Å². The molecule has 0 N–H and O–H groups in total. The van der Waals surface area contributed by atoms with Crippen LogP contribution in [0.5, 0.6) is 11.5 Å². The van der Waals surface area contributed by atoms with Crippen molar-refractivity contribution in [2.45, 2.75) is 6.92 Å². The number of halogens is 1. The molecule has 0 atom stereocenters. The molecule has 1 heterocycles. The van der Waals surface area contributed by atoms with Gasteiger partial charge in [-0.1, -0.05) is 11.6 Å². The molecule has 4 heteroatoms. The zero-order valence-corrected chi connectivity index (χ0v) is 11.1. The summed E-state index contributed by atoms with van der Waals surface area (Å²) >= 11 is 5.93. The van der Waals surface area contributed by atoms with Crippen LogP contribution >= 0.6 is 11.6 Å². The van der Waals surface area contributed by atoms with Gasteiger partial charge < -0.3 is 4.74 Å². The molecule has 3 aromatic rings. The number of aryl methyl sites for hydroxylation is 1. The number of rotatable bonds is 2. The number of hydrogen-bond acceptors (Lipinski definition) is 3. The Balaban J connectivity index is 1.96. The maximum Gasteiger partial charge on any atom is 0.130 e. The lowest BCUT2D eigenvalue weighted by molar-refractivity contribution is 0.479. The van der Waals surface area contributed by atoms with E-state index >= 15 is 0 Å². The summed E-state index contributed by atoms with van der Waals surface area (Å²) in [4.78, 5) is 8.18. The molecule has 0 amide bonds. The molecule has 0 unspecified atom stereocenters. The largest absolute Gasteiger partial charge is 0.457 e. The molecule has 1 aromatic heterocycles. The van der Waals surface area contributed by atoms with Gasteiger partial charge in [0, 0.05) is 16.6 Å². The van der Waals surface area contributed by atoms with Crippen LogP contribution in [-0.2, 0) is 0 Å². The summed E-state index contributed by atoms with van der Waals surface area (Å²) in [5.74, 6) is 1.55. The Labute approximate surface area is 115 Å². The molecule has 0 bridgehead atoms. The van der Waals surface area contributed by atoms with Gasteiger partial charge in [0.05, 0.1) is 5.52 Å². The van der Waals surface area contributed by atoms with Crippen LogP contribution < -0.4 is 4.74 Å². The van der Waals surface area contributed by atoms with Gasteiger partial charge in [-0.05, 0) is 48.9 Å².